The fourth-order valence-electron chi connectivity index (χ4n) is 2.76. The minimum Gasteiger partial charge on any atom is -0.316 e. The van der Waals surface area contributed by atoms with Crippen LogP contribution in [0.5, 0.6) is 0 Å². The molecule has 0 spiro atoms. The molecule has 0 saturated carbocycles. The largest absolute Gasteiger partial charge is 0.316 e. The Hall–Kier alpha value is -0.920. The number of sulfonamides is 1. The second-order valence-corrected chi connectivity index (χ2v) is 7.41. The molecule has 114 valence electrons. The monoisotopic (exact) mass is 300 g/mol. The molecule has 1 aliphatic heterocycles. The molecular weight excluding hydrogens is 276 g/mol. The van der Waals surface area contributed by atoms with E-state index in [1.54, 1.807) is 25.6 Å². The van der Waals surface area contributed by atoms with Gasteiger partial charge in [0.05, 0.1) is 11.4 Å². The maximum atomic E-state index is 12.5. The van der Waals surface area contributed by atoms with Gasteiger partial charge < -0.3 is 5.32 Å². The second-order valence-electron chi connectivity index (χ2n) is 5.71. The first-order chi connectivity index (χ1) is 9.33. The van der Waals surface area contributed by atoms with E-state index >= 15 is 0 Å². The van der Waals surface area contributed by atoms with Crippen molar-refractivity contribution in [3.8, 4) is 0 Å². The first-order valence-electron chi connectivity index (χ1n) is 7.03. The van der Waals surface area contributed by atoms with Crippen molar-refractivity contribution in [3.05, 3.63) is 11.4 Å². The topological polar surface area (TPSA) is 76.0 Å². The van der Waals surface area contributed by atoms with E-state index in [4.69, 9.17) is 0 Å². The normalized spacial score (nSPS) is 24.0. The molecule has 2 atom stereocenters. The zero-order valence-electron chi connectivity index (χ0n) is 12.6. The van der Waals surface area contributed by atoms with Gasteiger partial charge in [0.1, 0.15) is 4.90 Å². The van der Waals surface area contributed by atoms with Crippen LogP contribution in [0, 0.1) is 25.7 Å². The van der Waals surface area contributed by atoms with Crippen molar-refractivity contribution < 1.29 is 8.42 Å². The number of aryl methyl sites for hydroxylation is 2. The van der Waals surface area contributed by atoms with Gasteiger partial charge >= 0.3 is 0 Å². The number of nitrogens with zero attached hydrogens (tertiary/aromatic N) is 2. The number of nitrogens with one attached hydrogen (secondary N) is 2. The summed E-state index contributed by atoms with van der Waals surface area (Å²) in [6.45, 7) is 8.05. The smallest absolute Gasteiger partial charge is 0.244 e. The van der Waals surface area contributed by atoms with Gasteiger partial charge in [0, 0.05) is 13.6 Å². The highest BCUT2D eigenvalue weighted by molar-refractivity contribution is 7.89. The van der Waals surface area contributed by atoms with Crippen LogP contribution < -0.4 is 10.0 Å². The molecule has 2 heterocycles. The average Bonchev–Trinajstić information content (AvgIpc) is 2.62. The molecule has 0 radical (unpaired) electrons. The van der Waals surface area contributed by atoms with E-state index in [0.717, 1.165) is 19.5 Å². The Morgan fingerprint density at radius 1 is 1.45 bits per heavy atom. The molecule has 7 heteroatoms. The minimum absolute atomic E-state index is 0.316. The highest BCUT2D eigenvalue weighted by atomic mass is 32.2. The maximum absolute atomic E-state index is 12.5. The lowest BCUT2D eigenvalue weighted by atomic mass is 9.88. The van der Waals surface area contributed by atoms with Crippen LogP contribution in [0.2, 0.25) is 0 Å². The average molecular weight is 300 g/mol. The molecule has 2 N–H and O–H groups in total. The fourth-order valence-corrected chi connectivity index (χ4v) is 4.29. The molecule has 20 heavy (non-hydrogen) atoms. The zero-order chi connectivity index (χ0) is 14.9. The van der Waals surface area contributed by atoms with E-state index < -0.39 is 10.0 Å². The summed E-state index contributed by atoms with van der Waals surface area (Å²) < 4.78 is 29.3. The number of hydrogen-bond acceptors (Lipinski definition) is 4. The molecule has 1 aromatic rings. The molecule has 0 aliphatic carbocycles. The van der Waals surface area contributed by atoms with Gasteiger partial charge in [0.25, 0.3) is 0 Å². The van der Waals surface area contributed by atoms with Crippen molar-refractivity contribution >= 4 is 10.0 Å². The Labute approximate surface area is 121 Å². The highest BCUT2D eigenvalue weighted by Gasteiger charge is 2.27. The number of hydrogen-bond donors (Lipinski definition) is 2. The van der Waals surface area contributed by atoms with E-state index in [1.807, 2.05) is 0 Å². The summed E-state index contributed by atoms with van der Waals surface area (Å²) in [6, 6.07) is 0. The van der Waals surface area contributed by atoms with Crippen LogP contribution in [-0.2, 0) is 17.1 Å². The van der Waals surface area contributed by atoms with Gasteiger partial charge in [0.2, 0.25) is 10.0 Å². The van der Waals surface area contributed by atoms with Gasteiger partial charge in [-0.3, -0.25) is 4.68 Å². The minimum atomic E-state index is -3.48. The molecule has 1 saturated heterocycles. The molecule has 2 unspecified atom stereocenters. The predicted octanol–water partition coefficient (Wildman–Crippen LogP) is 0.561. The van der Waals surface area contributed by atoms with Crippen LogP contribution in [0.4, 0.5) is 0 Å². The number of rotatable bonds is 4. The van der Waals surface area contributed by atoms with Crippen LogP contribution in [0.1, 0.15) is 24.7 Å². The summed E-state index contributed by atoms with van der Waals surface area (Å²) in [6.07, 6.45) is 1.09. The number of aromatic nitrogens is 2. The molecule has 1 aliphatic rings. The van der Waals surface area contributed by atoms with E-state index in [0.29, 0.717) is 34.7 Å². The van der Waals surface area contributed by atoms with Crippen molar-refractivity contribution in [2.45, 2.75) is 32.1 Å². The first kappa shape index (κ1) is 15.5. The van der Waals surface area contributed by atoms with Crippen molar-refractivity contribution in [2.75, 3.05) is 19.6 Å². The van der Waals surface area contributed by atoms with Crippen molar-refractivity contribution in [1.82, 2.24) is 19.8 Å². The molecule has 1 fully saturated rings. The van der Waals surface area contributed by atoms with Crippen LogP contribution in [0.15, 0.2) is 4.90 Å². The van der Waals surface area contributed by atoms with Gasteiger partial charge in [-0.15, -0.1) is 0 Å². The standard InChI is InChI=1S/C13H24N4O2S/c1-9-5-6-14-7-12(9)8-15-20(18,19)13-10(2)16-17(4)11(13)3/h9,12,14-15H,5-8H2,1-4H3. The summed E-state index contributed by atoms with van der Waals surface area (Å²) in [7, 11) is -1.73. The fraction of sp³-hybridized carbons (Fsp3) is 0.769. The molecule has 0 aromatic carbocycles. The maximum Gasteiger partial charge on any atom is 0.244 e. The molecule has 2 rings (SSSR count). The molecule has 0 bridgehead atoms. The van der Waals surface area contributed by atoms with E-state index in [-0.39, 0.29) is 0 Å². The van der Waals surface area contributed by atoms with Crippen molar-refractivity contribution in [3.63, 3.8) is 0 Å². The van der Waals surface area contributed by atoms with Crippen molar-refractivity contribution in [2.24, 2.45) is 18.9 Å². The Balaban J connectivity index is 2.11. The zero-order valence-corrected chi connectivity index (χ0v) is 13.4. The van der Waals surface area contributed by atoms with Gasteiger partial charge in [0.15, 0.2) is 0 Å². The van der Waals surface area contributed by atoms with Crippen LogP contribution >= 0.6 is 0 Å². The third-order valence-corrected chi connectivity index (χ3v) is 5.91. The summed E-state index contributed by atoms with van der Waals surface area (Å²) in [5.74, 6) is 0.880. The quantitative estimate of drug-likeness (QED) is 0.852. The van der Waals surface area contributed by atoms with Gasteiger partial charge in [-0.1, -0.05) is 6.92 Å². The third kappa shape index (κ3) is 3.05. The van der Waals surface area contributed by atoms with Crippen LogP contribution in [0.3, 0.4) is 0 Å². The Kier molecular flexibility index (Phi) is 4.51. The third-order valence-electron chi connectivity index (χ3n) is 4.23. The predicted molar refractivity (Wildman–Crippen MR) is 78.0 cm³/mol. The molecular formula is C13H24N4O2S. The summed E-state index contributed by atoms with van der Waals surface area (Å²) in [5.41, 5.74) is 1.22. The molecule has 1 aromatic heterocycles. The van der Waals surface area contributed by atoms with Gasteiger partial charge in [-0.2, -0.15) is 5.10 Å². The van der Waals surface area contributed by atoms with E-state index in [1.165, 1.54) is 0 Å². The summed E-state index contributed by atoms with van der Waals surface area (Å²) in [5, 5.41) is 7.49. The molecule has 0 amide bonds. The Bertz CT molecular complexity index is 579. The SMILES string of the molecule is Cc1nn(C)c(C)c1S(=O)(=O)NCC1CNCCC1C. The lowest BCUT2D eigenvalue weighted by Gasteiger charge is -2.29. The lowest BCUT2D eigenvalue weighted by Crippen LogP contribution is -2.42. The molecule has 6 nitrogen and oxygen atoms in total. The highest BCUT2D eigenvalue weighted by Crippen LogP contribution is 2.21. The van der Waals surface area contributed by atoms with Gasteiger partial charge in [-0.05, 0) is 45.2 Å². The van der Waals surface area contributed by atoms with Gasteiger partial charge in [-0.25, -0.2) is 13.1 Å². The first-order valence-corrected chi connectivity index (χ1v) is 8.52. The number of piperidine rings is 1. The van der Waals surface area contributed by atoms with Crippen LogP contribution in [-0.4, -0.2) is 37.8 Å². The Morgan fingerprint density at radius 3 is 2.70 bits per heavy atom. The van der Waals surface area contributed by atoms with Crippen LogP contribution in [0.25, 0.3) is 0 Å². The second kappa shape index (κ2) is 5.83. The lowest BCUT2D eigenvalue weighted by molar-refractivity contribution is 0.275. The van der Waals surface area contributed by atoms with E-state index in [9.17, 15) is 8.42 Å². The van der Waals surface area contributed by atoms with E-state index in [2.05, 4.69) is 22.1 Å². The Morgan fingerprint density at radius 2 is 2.15 bits per heavy atom. The summed E-state index contributed by atoms with van der Waals surface area (Å²) >= 11 is 0. The van der Waals surface area contributed by atoms with Crippen molar-refractivity contribution in [1.29, 1.82) is 0 Å². The summed E-state index contributed by atoms with van der Waals surface area (Å²) in [4.78, 5) is 0.316.